The summed E-state index contributed by atoms with van der Waals surface area (Å²) >= 11 is 0. The number of carbonyl (C=O) groups excluding carboxylic acids is 3. The lowest BCUT2D eigenvalue weighted by Gasteiger charge is -2.33. The summed E-state index contributed by atoms with van der Waals surface area (Å²) in [6.07, 6.45) is -5.49. The average Bonchev–Trinajstić information content (AvgIpc) is 2.81. The normalized spacial score (nSPS) is 16.1. The number of morpholine rings is 1. The first kappa shape index (κ1) is 24.0. The number of hydrogen-bond donors (Lipinski definition) is 3. The molecule has 1 fully saturated rings. The van der Waals surface area contributed by atoms with Crippen molar-refractivity contribution in [3.63, 3.8) is 0 Å². The first-order valence-corrected chi connectivity index (χ1v) is 9.80. The smallest absolute Gasteiger partial charge is 0.370 e. The number of ether oxygens (including phenoxy) is 1. The first-order chi connectivity index (χ1) is 15.6. The molecule has 1 aliphatic rings. The zero-order chi connectivity index (χ0) is 24.0. The minimum Gasteiger partial charge on any atom is -0.370 e. The maximum atomic E-state index is 13.1. The summed E-state index contributed by atoms with van der Waals surface area (Å²) in [7, 11) is 0. The highest BCUT2D eigenvalue weighted by atomic mass is 19.4. The predicted molar refractivity (Wildman–Crippen MR) is 107 cm³/mol. The molecule has 1 atom stereocenters. The highest BCUT2D eigenvalue weighted by Crippen LogP contribution is 2.22. The van der Waals surface area contributed by atoms with Gasteiger partial charge in [-0.05, 0) is 35.4 Å². The average molecular weight is 468 g/mol. The van der Waals surface area contributed by atoms with Gasteiger partial charge in [0, 0.05) is 18.7 Å². The van der Waals surface area contributed by atoms with Crippen LogP contribution in [0.3, 0.4) is 0 Å². The molecule has 2 aromatic carbocycles. The van der Waals surface area contributed by atoms with Crippen molar-refractivity contribution < 1.29 is 36.7 Å². The molecule has 176 valence electrons. The van der Waals surface area contributed by atoms with E-state index in [2.05, 4.69) is 5.32 Å². The van der Waals surface area contributed by atoms with E-state index in [0.29, 0.717) is 25.3 Å². The van der Waals surface area contributed by atoms with Gasteiger partial charge in [-0.25, -0.2) is 9.18 Å². The van der Waals surface area contributed by atoms with Crippen molar-refractivity contribution in [3.8, 4) is 0 Å². The lowest BCUT2D eigenvalue weighted by atomic mass is 10.1. The number of amides is 4. The maximum Gasteiger partial charge on any atom is 0.472 e. The van der Waals surface area contributed by atoms with E-state index in [-0.39, 0.29) is 30.1 Å². The summed E-state index contributed by atoms with van der Waals surface area (Å²) in [6, 6.07) is 11.2. The number of alkyl halides is 3. The van der Waals surface area contributed by atoms with Crippen LogP contribution in [0.2, 0.25) is 0 Å². The maximum absolute atomic E-state index is 13.1. The number of nitrogens with zero attached hydrogens (tertiary/aromatic N) is 1. The standard InChI is InChI=1S/C21H20F4N4O4/c22-16-7-5-14(6-8-16)17-12-29(9-10-33-17)20(32)26-11-13-1-3-15(4-2-13)18(30)27-28-19(31)21(23,24)25/h1-8,17H,9-12H2,(H,26,32)(H,27,30)(H,28,31). The van der Waals surface area contributed by atoms with Crippen LogP contribution >= 0.6 is 0 Å². The molecule has 8 nitrogen and oxygen atoms in total. The lowest BCUT2D eigenvalue weighted by molar-refractivity contribution is -0.174. The molecule has 12 heteroatoms. The van der Waals surface area contributed by atoms with Gasteiger partial charge in [-0.3, -0.25) is 20.4 Å². The van der Waals surface area contributed by atoms with Gasteiger partial charge in [-0.1, -0.05) is 24.3 Å². The van der Waals surface area contributed by atoms with Crippen LogP contribution in [-0.4, -0.2) is 48.6 Å². The molecule has 0 saturated carbocycles. The number of benzene rings is 2. The summed E-state index contributed by atoms with van der Waals surface area (Å²) in [4.78, 5) is 36.6. The molecule has 1 aliphatic heterocycles. The number of rotatable bonds is 4. The van der Waals surface area contributed by atoms with Crippen molar-refractivity contribution in [1.29, 1.82) is 0 Å². The number of hydrogen-bond acceptors (Lipinski definition) is 4. The number of hydrazine groups is 1. The molecule has 1 saturated heterocycles. The van der Waals surface area contributed by atoms with Gasteiger partial charge < -0.3 is 15.0 Å². The second-order valence-corrected chi connectivity index (χ2v) is 7.12. The molecule has 1 heterocycles. The van der Waals surface area contributed by atoms with E-state index in [4.69, 9.17) is 4.74 Å². The molecule has 1 unspecified atom stereocenters. The Bertz CT molecular complexity index is 997. The van der Waals surface area contributed by atoms with Crippen LogP contribution in [0.1, 0.15) is 27.6 Å². The van der Waals surface area contributed by atoms with Gasteiger partial charge in [0.05, 0.1) is 13.2 Å². The number of halogens is 4. The lowest BCUT2D eigenvalue weighted by Crippen LogP contribution is -2.47. The molecule has 2 aromatic rings. The van der Waals surface area contributed by atoms with Gasteiger partial charge in [-0.2, -0.15) is 13.2 Å². The van der Waals surface area contributed by atoms with Crippen LogP contribution in [0.4, 0.5) is 22.4 Å². The fourth-order valence-corrected chi connectivity index (χ4v) is 3.03. The second-order valence-electron chi connectivity index (χ2n) is 7.12. The van der Waals surface area contributed by atoms with Gasteiger partial charge in [0.25, 0.3) is 5.91 Å². The van der Waals surface area contributed by atoms with E-state index >= 15 is 0 Å². The van der Waals surface area contributed by atoms with Crippen molar-refractivity contribution in [2.24, 2.45) is 0 Å². The zero-order valence-electron chi connectivity index (χ0n) is 17.1. The van der Waals surface area contributed by atoms with Crippen molar-refractivity contribution >= 4 is 17.8 Å². The van der Waals surface area contributed by atoms with Crippen molar-refractivity contribution in [2.75, 3.05) is 19.7 Å². The zero-order valence-corrected chi connectivity index (χ0v) is 17.1. The highest BCUT2D eigenvalue weighted by molar-refractivity contribution is 5.95. The molecule has 0 bridgehead atoms. The van der Waals surface area contributed by atoms with E-state index in [0.717, 1.165) is 5.56 Å². The number of carbonyl (C=O) groups is 3. The van der Waals surface area contributed by atoms with E-state index in [9.17, 15) is 31.9 Å². The third kappa shape index (κ3) is 6.65. The molecule has 0 radical (unpaired) electrons. The molecule has 0 aliphatic carbocycles. The van der Waals surface area contributed by atoms with Crippen molar-refractivity contribution in [2.45, 2.75) is 18.8 Å². The van der Waals surface area contributed by atoms with Gasteiger partial charge in [0.15, 0.2) is 0 Å². The van der Waals surface area contributed by atoms with Crippen LogP contribution in [0.25, 0.3) is 0 Å². The molecule has 4 amide bonds. The molecule has 0 spiro atoms. The van der Waals surface area contributed by atoms with Crippen LogP contribution in [-0.2, 0) is 16.1 Å². The molecular weight excluding hydrogens is 448 g/mol. The van der Waals surface area contributed by atoms with Crippen molar-refractivity contribution in [3.05, 3.63) is 71.0 Å². The topological polar surface area (TPSA) is 99.8 Å². The minimum absolute atomic E-state index is 0.0165. The predicted octanol–water partition coefficient (Wildman–Crippen LogP) is 2.43. The molecule has 33 heavy (non-hydrogen) atoms. The van der Waals surface area contributed by atoms with Crippen molar-refractivity contribution in [1.82, 2.24) is 21.1 Å². The first-order valence-electron chi connectivity index (χ1n) is 9.80. The van der Waals surface area contributed by atoms with Gasteiger partial charge >= 0.3 is 18.1 Å². The largest absolute Gasteiger partial charge is 0.472 e. The van der Waals surface area contributed by atoms with Gasteiger partial charge in [0.2, 0.25) is 0 Å². The van der Waals surface area contributed by atoms with Gasteiger partial charge in [0.1, 0.15) is 11.9 Å². The number of nitrogens with one attached hydrogen (secondary N) is 3. The molecule has 0 aromatic heterocycles. The molecule has 3 N–H and O–H groups in total. The van der Waals surface area contributed by atoms with E-state index in [1.54, 1.807) is 22.5 Å². The summed E-state index contributed by atoms with van der Waals surface area (Å²) in [5, 5.41) is 2.74. The fraction of sp³-hybridized carbons (Fsp3) is 0.286. The van der Waals surface area contributed by atoms with E-state index in [1.165, 1.54) is 41.8 Å². The van der Waals surface area contributed by atoms with Gasteiger partial charge in [-0.15, -0.1) is 0 Å². The van der Waals surface area contributed by atoms with E-state index < -0.39 is 18.0 Å². The summed E-state index contributed by atoms with van der Waals surface area (Å²) in [5.41, 5.74) is 4.36. The van der Waals surface area contributed by atoms with Crippen LogP contribution in [0, 0.1) is 5.82 Å². The Morgan fingerprint density at radius 3 is 2.30 bits per heavy atom. The Hall–Kier alpha value is -3.67. The summed E-state index contributed by atoms with van der Waals surface area (Å²) in [5.74, 6) is -3.58. The highest BCUT2D eigenvalue weighted by Gasteiger charge is 2.39. The molecular formula is C21H20F4N4O4. The Labute approximate surface area is 185 Å². The summed E-state index contributed by atoms with van der Waals surface area (Å²) < 4.78 is 55.2. The molecule has 3 rings (SSSR count). The fourth-order valence-electron chi connectivity index (χ4n) is 3.03. The number of urea groups is 1. The van der Waals surface area contributed by atoms with Crippen LogP contribution in [0.5, 0.6) is 0 Å². The van der Waals surface area contributed by atoms with E-state index in [1.807, 2.05) is 0 Å². The monoisotopic (exact) mass is 468 g/mol. The Kier molecular flexibility index (Phi) is 7.48. The van der Waals surface area contributed by atoms with Crippen LogP contribution in [0.15, 0.2) is 48.5 Å². The SMILES string of the molecule is O=C(NNC(=O)C(F)(F)F)c1ccc(CNC(=O)N2CCOC(c3ccc(F)cc3)C2)cc1. The Morgan fingerprint density at radius 2 is 1.67 bits per heavy atom. The quantitative estimate of drug-likeness (QED) is 0.474. The third-order valence-electron chi connectivity index (χ3n) is 4.80. The third-order valence-corrected chi connectivity index (χ3v) is 4.80. The minimum atomic E-state index is -5.12. The van der Waals surface area contributed by atoms with Crippen LogP contribution < -0.4 is 16.2 Å². The Balaban J connectivity index is 1.48. The summed E-state index contributed by atoms with van der Waals surface area (Å²) in [6.45, 7) is 1.14. The second kappa shape index (κ2) is 10.3. The Morgan fingerprint density at radius 1 is 1.00 bits per heavy atom.